The second kappa shape index (κ2) is 8.36. The van der Waals surface area contributed by atoms with Gasteiger partial charge in [-0.15, -0.1) is 0 Å². The lowest BCUT2D eigenvalue weighted by atomic mass is 10.1. The van der Waals surface area contributed by atoms with Crippen LogP contribution in [-0.2, 0) is 17.8 Å². The Bertz CT molecular complexity index is 652. The number of amides is 1. The van der Waals surface area contributed by atoms with Gasteiger partial charge in [0.2, 0.25) is 0 Å². The molecule has 1 amide bonds. The highest BCUT2D eigenvalue weighted by Crippen LogP contribution is 2.20. The summed E-state index contributed by atoms with van der Waals surface area (Å²) in [5, 5.41) is 2.85. The number of carbonyl (C=O) groups excluding carboxylic acids is 1. The molecular weight excluding hydrogens is 296 g/mol. The predicted molar refractivity (Wildman–Crippen MR) is 86.3 cm³/mol. The maximum Gasteiger partial charge on any atom is 0.254 e. The zero-order chi connectivity index (χ0) is 16.7. The van der Waals surface area contributed by atoms with Crippen LogP contribution in [0.15, 0.2) is 34.9 Å². The van der Waals surface area contributed by atoms with Crippen LogP contribution in [0.25, 0.3) is 0 Å². The molecule has 0 atom stereocenters. The molecule has 0 bridgehead atoms. The van der Waals surface area contributed by atoms with Crippen molar-refractivity contribution < 1.29 is 18.7 Å². The van der Waals surface area contributed by atoms with Gasteiger partial charge in [-0.1, -0.05) is 12.1 Å². The Kier molecular flexibility index (Phi) is 6.19. The molecular formula is C17H22N2O4. The topological polar surface area (TPSA) is 86.7 Å². The normalized spacial score (nSPS) is 10.6. The fraction of sp³-hybridized carbons (Fsp3) is 0.353. The standard InChI is InChI=1S/C17H22N2O4/c1-12-3-4-13(16(7-12)22-6-5-21-2)10-19-17(20)14-8-15(9-18)23-11-14/h3-4,7-8,11H,5-6,9-10,18H2,1-2H3,(H,19,20). The zero-order valence-corrected chi connectivity index (χ0v) is 13.4. The van der Waals surface area contributed by atoms with E-state index in [0.29, 0.717) is 31.1 Å². The lowest BCUT2D eigenvalue weighted by Gasteiger charge is -2.12. The summed E-state index contributed by atoms with van der Waals surface area (Å²) in [6.07, 6.45) is 1.41. The van der Waals surface area contributed by atoms with Crippen LogP contribution in [0, 0.1) is 6.92 Å². The molecule has 6 heteroatoms. The Morgan fingerprint density at radius 1 is 1.30 bits per heavy atom. The van der Waals surface area contributed by atoms with E-state index in [0.717, 1.165) is 16.9 Å². The molecule has 2 rings (SSSR count). The lowest BCUT2D eigenvalue weighted by molar-refractivity contribution is 0.0949. The minimum atomic E-state index is -0.211. The molecule has 0 spiro atoms. The summed E-state index contributed by atoms with van der Waals surface area (Å²) in [7, 11) is 1.63. The molecule has 0 saturated heterocycles. The quantitative estimate of drug-likeness (QED) is 0.727. The largest absolute Gasteiger partial charge is 0.491 e. The molecule has 0 unspecified atom stereocenters. The molecule has 1 heterocycles. The Hall–Kier alpha value is -2.31. The third-order valence-corrected chi connectivity index (χ3v) is 3.32. The molecule has 0 aliphatic carbocycles. The van der Waals surface area contributed by atoms with Gasteiger partial charge in [-0.25, -0.2) is 0 Å². The van der Waals surface area contributed by atoms with Gasteiger partial charge in [0, 0.05) is 19.2 Å². The maximum atomic E-state index is 12.1. The number of nitrogens with one attached hydrogen (secondary N) is 1. The average Bonchev–Trinajstić information content (AvgIpc) is 3.03. The molecule has 0 radical (unpaired) electrons. The van der Waals surface area contributed by atoms with Crippen LogP contribution in [0.5, 0.6) is 5.75 Å². The Morgan fingerprint density at radius 3 is 2.83 bits per heavy atom. The Labute approximate surface area is 135 Å². The van der Waals surface area contributed by atoms with E-state index in [4.69, 9.17) is 19.6 Å². The van der Waals surface area contributed by atoms with E-state index in [1.807, 2.05) is 25.1 Å². The van der Waals surface area contributed by atoms with Crippen LogP contribution in [-0.4, -0.2) is 26.2 Å². The van der Waals surface area contributed by atoms with Crippen molar-refractivity contribution in [1.29, 1.82) is 0 Å². The smallest absolute Gasteiger partial charge is 0.254 e. The van der Waals surface area contributed by atoms with Crippen LogP contribution >= 0.6 is 0 Å². The summed E-state index contributed by atoms with van der Waals surface area (Å²) in [6.45, 7) is 3.60. The molecule has 0 aliphatic heterocycles. The van der Waals surface area contributed by atoms with Crippen molar-refractivity contribution in [3.63, 3.8) is 0 Å². The minimum Gasteiger partial charge on any atom is -0.491 e. The Balaban J connectivity index is 2.00. The van der Waals surface area contributed by atoms with E-state index < -0.39 is 0 Å². The van der Waals surface area contributed by atoms with Crippen LogP contribution < -0.4 is 15.8 Å². The van der Waals surface area contributed by atoms with Crippen molar-refractivity contribution in [3.05, 3.63) is 53.0 Å². The van der Waals surface area contributed by atoms with E-state index in [1.165, 1.54) is 6.26 Å². The van der Waals surface area contributed by atoms with Crippen LogP contribution in [0.3, 0.4) is 0 Å². The maximum absolute atomic E-state index is 12.1. The van der Waals surface area contributed by atoms with Crippen LogP contribution in [0.1, 0.15) is 27.2 Å². The third-order valence-electron chi connectivity index (χ3n) is 3.32. The number of rotatable bonds is 8. The van der Waals surface area contributed by atoms with Crippen molar-refractivity contribution in [1.82, 2.24) is 5.32 Å². The summed E-state index contributed by atoms with van der Waals surface area (Å²) in [5.74, 6) is 1.11. The Morgan fingerprint density at radius 2 is 2.13 bits per heavy atom. The summed E-state index contributed by atoms with van der Waals surface area (Å²) in [6, 6.07) is 7.51. The SMILES string of the molecule is COCCOc1cc(C)ccc1CNC(=O)c1coc(CN)c1. The van der Waals surface area contributed by atoms with Gasteiger partial charge in [-0.3, -0.25) is 4.79 Å². The second-order valence-corrected chi connectivity index (χ2v) is 5.14. The van der Waals surface area contributed by atoms with Crippen LogP contribution in [0.2, 0.25) is 0 Å². The summed E-state index contributed by atoms with van der Waals surface area (Å²) < 4.78 is 15.9. The molecule has 0 saturated carbocycles. The van der Waals surface area contributed by atoms with Gasteiger partial charge in [0.1, 0.15) is 24.4 Å². The monoisotopic (exact) mass is 318 g/mol. The van der Waals surface area contributed by atoms with E-state index >= 15 is 0 Å². The number of furan rings is 1. The highest BCUT2D eigenvalue weighted by molar-refractivity contribution is 5.93. The molecule has 3 N–H and O–H groups in total. The fourth-order valence-electron chi connectivity index (χ4n) is 2.06. The molecule has 0 aliphatic rings. The zero-order valence-electron chi connectivity index (χ0n) is 13.4. The van der Waals surface area contributed by atoms with Gasteiger partial charge < -0.3 is 24.9 Å². The highest BCUT2D eigenvalue weighted by Gasteiger charge is 2.11. The molecule has 6 nitrogen and oxygen atoms in total. The summed E-state index contributed by atoms with van der Waals surface area (Å²) in [4.78, 5) is 12.1. The predicted octanol–water partition coefficient (Wildman–Crippen LogP) is 2.00. The van der Waals surface area contributed by atoms with E-state index in [1.54, 1.807) is 13.2 Å². The average molecular weight is 318 g/mol. The number of ether oxygens (including phenoxy) is 2. The number of carbonyl (C=O) groups is 1. The number of hydrogen-bond acceptors (Lipinski definition) is 5. The number of hydrogen-bond donors (Lipinski definition) is 2. The number of benzene rings is 1. The van der Waals surface area contributed by atoms with Crippen molar-refractivity contribution >= 4 is 5.91 Å². The molecule has 23 heavy (non-hydrogen) atoms. The number of aryl methyl sites for hydroxylation is 1. The number of methoxy groups -OCH3 is 1. The van der Waals surface area contributed by atoms with Crippen molar-refractivity contribution in [2.75, 3.05) is 20.3 Å². The number of nitrogens with two attached hydrogens (primary N) is 1. The molecule has 2 aromatic rings. The van der Waals surface area contributed by atoms with Crippen molar-refractivity contribution in [2.45, 2.75) is 20.0 Å². The fourth-order valence-corrected chi connectivity index (χ4v) is 2.06. The lowest BCUT2D eigenvalue weighted by Crippen LogP contribution is -2.22. The highest BCUT2D eigenvalue weighted by atomic mass is 16.5. The minimum absolute atomic E-state index is 0.211. The first-order chi connectivity index (χ1) is 11.1. The van der Waals surface area contributed by atoms with Gasteiger partial charge in [0.25, 0.3) is 5.91 Å². The third kappa shape index (κ3) is 4.84. The van der Waals surface area contributed by atoms with Crippen molar-refractivity contribution in [2.24, 2.45) is 5.73 Å². The van der Waals surface area contributed by atoms with Gasteiger partial charge in [0.15, 0.2) is 0 Å². The van der Waals surface area contributed by atoms with E-state index in [9.17, 15) is 4.79 Å². The van der Waals surface area contributed by atoms with Gasteiger partial charge in [-0.2, -0.15) is 0 Å². The molecule has 1 aromatic heterocycles. The van der Waals surface area contributed by atoms with E-state index in [-0.39, 0.29) is 12.5 Å². The molecule has 0 fully saturated rings. The second-order valence-electron chi connectivity index (χ2n) is 5.14. The van der Waals surface area contributed by atoms with Gasteiger partial charge in [-0.05, 0) is 24.6 Å². The summed E-state index contributed by atoms with van der Waals surface area (Å²) in [5.41, 5.74) is 7.92. The van der Waals surface area contributed by atoms with Crippen molar-refractivity contribution in [3.8, 4) is 5.75 Å². The molecule has 124 valence electrons. The summed E-state index contributed by atoms with van der Waals surface area (Å²) >= 11 is 0. The first-order valence-electron chi connectivity index (χ1n) is 7.41. The van der Waals surface area contributed by atoms with Gasteiger partial charge in [0.05, 0.1) is 18.7 Å². The van der Waals surface area contributed by atoms with E-state index in [2.05, 4.69) is 5.32 Å². The first kappa shape index (κ1) is 17.1. The first-order valence-corrected chi connectivity index (χ1v) is 7.41. The molecule has 1 aromatic carbocycles. The van der Waals surface area contributed by atoms with Gasteiger partial charge >= 0.3 is 0 Å². The van der Waals surface area contributed by atoms with Crippen LogP contribution in [0.4, 0.5) is 0 Å².